The minimum absolute atomic E-state index is 0.120. The molecule has 0 fully saturated rings. The maximum atomic E-state index is 2.53. The number of rotatable bonds is 12. The van der Waals surface area contributed by atoms with E-state index in [1.165, 1.54) is 39.0 Å². The molecule has 0 unspecified atom stereocenters. The third-order valence-electron chi connectivity index (χ3n) is 9.49. The molecule has 41 heavy (non-hydrogen) atoms. The van der Waals surface area contributed by atoms with Crippen molar-refractivity contribution in [1.82, 2.24) is 0 Å². The number of hydrogen-bond donors (Lipinski definition) is 0. The van der Waals surface area contributed by atoms with Crippen LogP contribution in [-0.4, -0.2) is 0 Å². The van der Waals surface area contributed by atoms with Gasteiger partial charge >= 0.3 is 257 Å². The topological polar surface area (TPSA) is 0 Å². The third-order valence-corrected chi connectivity index (χ3v) is 33.0. The van der Waals surface area contributed by atoms with Crippen molar-refractivity contribution >= 4 is 0 Å². The van der Waals surface area contributed by atoms with Crippen LogP contribution >= 0.6 is 0 Å². The first-order valence-corrected chi connectivity index (χ1v) is 25.6. The summed E-state index contributed by atoms with van der Waals surface area (Å²) in [6.07, 6.45) is 0. The fourth-order valence-corrected chi connectivity index (χ4v) is 40.7. The standard InChI is InChI=1S/4C10H13.Hf/c4*1-10(2,3)9-7-5-4-6-8-9;/h4*4-8H,1H2,2-3H3;. The molecule has 0 atom stereocenters. The average molecular weight is 711 g/mol. The second kappa shape index (κ2) is 12.5. The molecule has 0 heterocycles. The third kappa shape index (κ3) is 7.98. The molecule has 1 heteroatoms. The zero-order valence-electron chi connectivity index (χ0n) is 26.9. The van der Waals surface area contributed by atoms with Gasteiger partial charge in [-0.15, -0.1) is 0 Å². The van der Waals surface area contributed by atoms with Gasteiger partial charge in [-0.2, -0.15) is 0 Å². The van der Waals surface area contributed by atoms with Crippen LogP contribution in [0, 0.1) is 0 Å². The van der Waals surface area contributed by atoms with Crippen LogP contribution in [0.2, 0.25) is 16.7 Å². The van der Waals surface area contributed by atoms with E-state index in [-0.39, 0.29) is 21.7 Å². The van der Waals surface area contributed by atoms with E-state index in [1.54, 1.807) is 0 Å². The Bertz CT molecular complexity index is 1130. The van der Waals surface area contributed by atoms with Gasteiger partial charge in [0, 0.05) is 0 Å². The molecule has 4 rings (SSSR count). The Morgan fingerprint density at radius 3 is 0.659 bits per heavy atom. The summed E-state index contributed by atoms with van der Waals surface area (Å²) in [7, 11) is 0. The van der Waals surface area contributed by atoms with Gasteiger partial charge in [-0.05, 0) is 0 Å². The van der Waals surface area contributed by atoms with Crippen LogP contribution in [0.4, 0.5) is 0 Å². The van der Waals surface area contributed by atoms with Gasteiger partial charge in [-0.1, -0.05) is 0 Å². The van der Waals surface area contributed by atoms with Gasteiger partial charge in [0.15, 0.2) is 0 Å². The van der Waals surface area contributed by atoms with E-state index < -0.39 is 20.0 Å². The molecule has 4 aromatic carbocycles. The molecular formula is C40H52Hf. The van der Waals surface area contributed by atoms with Gasteiger partial charge in [-0.25, -0.2) is 0 Å². The summed E-state index contributed by atoms with van der Waals surface area (Å²) in [4.78, 5) is 0. The molecule has 0 N–H and O–H groups in total. The second-order valence-corrected chi connectivity index (χ2v) is 31.1. The molecule has 0 saturated carbocycles. The Morgan fingerprint density at radius 2 is 0.488 bits per heavy atom. The molecule has 0 amide bonds. The van der Waals surface area contributed by atoms with Crippen molar-refractivity contribution in [3.63, 3.8) is 0 Å². The van der Waals surface area contributed by atoms with Crippen LogP contribution in [0.5, 0.6) is 0 Å². The summed E-state index contributed by atoms with van der Waals surface area (Å²) >= 11 is -3.34. The zero-order valence-corrected chi connectivity index (χ0v) is 30.5. The molecule has 0 saturated heterocycles. The van der Waals surface area contributed by atoms with Gasteiger partial charge in [0.1, 0.15) is 0 Å². The predicted octanol–water partition coefficient (Wildman–Crippen LogP) is 11.7. The Kier molecular flexibility index (Phi) is 9.69. The first-order chi connectivity index (χ1) is 19.2. The fraction of sp³-hybridized carbons (Fsp3) is 0.400. The van der Waals surface area contributed by atoms with E-state index in [0.29, 0.717) is 0 Å². The second-order valence-electron chi connectivity index (χ2n) is 15.2. The summed E-state index contributed by atoms with van der Waals surface area (Å²) < 4.78 is 5.36. The van der Waals surface area contributed by atoms with Crippen molar-refractivity contribution in [2.45, 2.75) is 93.8 Å². The molecule has 0 spiro atoms. The first kappa shape index (κ1) is 31.7. The summed E-state index contributed by atoms with van der Waals surface area (Å²) in [6, 6.07) is 45.4. The van der Waals surface area contributed by atoms with Crippen LogP contribution < -0.4 is 0 Å². The van der Waals surface area contributed by atoms with Crippen molar-refractivity contribution in [3.05, 3.63) is 144 Å². The Balaban J connectivity index is 1.90. The summed E-state index contributed by atoms with van der Waals surface area (Å²) in [5.41, 5.74) is 6.41. The van der Waals surface area contributed by atoms with Crippen LogP contribution in [0.15, 0.2) is 121 Å². The summed E-state index contributed by atoms with van der Waals surface area (Å²) in [5, 5.41) is 0. The van der Waals surface area contributed by atoms with Crippen molar-refractivity contribution in [1.29, 1.82) is 0 Å². The quantitative estimate of drug-likeness (QED) is 0.128. The van der Waals surface area contributed by atoms with E-state index in [0.717, 1.165) is 0 Å². The SMILES string of the molecule is CC(C)([CH2][Hf]([CH2]C(C)(C)c1ccccc1)([CH2]C(C)(C)c1ccccc1)[CH2]C(C)(C)c1ccccc1)c1ccccc1. The van der Waals surface area contributed by atoms with E-state index in [9.17, 15) is 0 Å². The Hall–Kier alpha value is -2.25. The van der Waals surface area contributed by atoms with E-state index in [1.807, 2.05) is 0 Å². The minimum atomic E-state index is -3.34. The molecule has 0 nitrogen and oxygen atoms in total. The number of hydrogen-bond acceptors (Lipinski definition) is 0. The molecular weight excluding hydrogens is 659 g/mol. The molecule has 0 aliphatic carbocycles. The fourth-order valence-electron chi connectivity index (χ4n) is 8.09. The average Bonchev–Trinajstić information content (AvgIpc) is 2.94. The molecule has 0 radical (unpaired) electrons. The predicted molar refractivity (Wildman–Crippen MR) is 177 cm³/mol. The van der Waals surface area contributed by atoms with Crippen LogP contribution in [-0.2, 0) is 41.6 Å². The molecule has 0 aliphatic rings. The van der Waals surface area contributed by atoms with Crippen molar-refractivity contribution in [2.24, 2.45) is 0 Å². The van der Waals surface area contributed by atoms with Crippen molar-refractivity contribution in [2.75, 3.05) is 0 Å². The summed E-state index contributed by atoms with van der Waals surface area (Å²) in [5.74, 6) is 0. The molecule has 216 valence electrons. The van der Waals surface area contributed by atoms with Crippen molar-refractivity contribution in [3.8, 4) is 0 Å². The summed E-state index contributed by atoms with van der Waals surface area (Å²) in [6.45, 7) is 20.2. The van der Waals surface area contributed by atoms with Gasteiger partial charge in [0.25, 0.3) is 0 Å². The van der Waals surface area contributed by atoms with E-state index >= 15 is 0 Å². The first-order valence-electron chi connectivity index (χ1n) is 15.5. The molecule has 0 bridgehead atoms. The van der Waals surface area contributed by atoms with E-state index in [4.69, 9.17) is 0 Å². The number of benzene rings is 4. The van der Waals surface area contributed by atoms with Gasteiger partial charge in [0.2, 0.25) is 0 Å². The van der Waals surface area contributed by atoms with Gasteiger partial charge in [-0.3, -0.25) is 0 Å². The van der Waals surface area contributed by atoms with Crippen LogP contribution in [0.3, 0.4) is 0 Å². The monoisotopic (exact) mass is 712 g/mol. The zero-order chi connectivity index (χ0) is 29.8. The van der Waals surface area contributed by atoms with Gasteiger partial charge in [0.05, 0.1) is 0 Å². The van der Waals surface area contributed by atoms with E-state index in [2.05, 4.69) is 177 Å². The molecule has 0 aliphatic heterocycles. The van der Waals surface area contributed by atoms with Crippen molar-refractivity contribution < 1.29 is 20.0 Å². The van der Waals surface area contributed by atoms with Crippen LogP contribution in [0.1, 0.15) is 77.6 Å². The molecule has 4 aromatic rings. The molecule has 0 aromatic heterocycles. The van der Waals surface area contributed by atoms with Crippen LogP contribution in [0.25, 0.3) is 0 Å². The Morgan fingerprint density at radius 1 is 0.317 bits per heavy atom. The normalized spacial score (nSPS) is 13.3. The Labute approximate surface area is 256 Å². The maximum absolute atomic E-state index is 3.34. The van der Waals surface area contributed by atoms with Gasteiger partial charge < -0.3 is 0 Å².